The Labute approximate surface area is 143 Å². The minimum Gasteiger partial charge on any atom is -0.355 e. The first kappa shape index (κ1) is 16.6. The number of hydrogen-bond acceptors (Lipinski definition) is 5. The van der Waals surface area contributed by atoms with Gasteiger partial charge in [-0.05, 0) is 38.7 Å². The standard InChI is InChI=1S/C16H20N4O3S/c1-3-17-14(22)9(2)19-12(21)7-20-8-18-15-13(16(20)23)10-5-4-6-11(10)24-15/h8-9H,3-7H2,1-2H3,(H,17,22)(H,19,21)/t9-/m0/s1. The van der Waals surface area contributed by atoms with Gasteiger partial charge in [-0.2, -0.15) is 0 Å². The molecule has 0 unspecified atom stereocenters. The van der Waals surface area contributed by atoms with Crippen LogP contribution in [0.15, 0.2) is 11.1 Å². The predicted molar refractivity (Wildman–Crippen MR) is 92.2 cm³/mol. The van der Waals surface area contributed by atoms with E-state index in [1.54, 1.807) is 18.3 Å². The summed E-state index contributed by atoms with van der Waals surface area (Å²) in [5, 5.41) is 5.89. The van der Waals surface area contributed by atoms with Crippen molar-refractivity contribution in [1.29, 1.82) is 0 Å². The van der Waals surface area contributed by atoms with Gasteiger partial charge in [-0.3, -0.25) is 19.0 Å². The van der Waals surface area contributed by atoms with Crippen LogP contribution in [0.3, 0.4) is 0 Å². The lowest BCUT2D eigenvalue weighted by molar-refractivity contribution is -0.128. The van der Waals surface area contributed by atoms with E-state index in [2.05, 4.69) is 15.6 Å². The third-order valence-corrected chi connectivity index (χ3v) is 5.33. The molecule has 1 atom stereocenters. The highest BCUT2D eigenvalue weighted by Gasteiger charge is 2.22. The number of likely N-dealkylation sites (N-methyl/N-ethyl adjacent to an activating group) is 1. The topological polar surface area (TPSA) is 93.1 Å². The Morgan fingerprint density at radius 1 is 1.42 bits per heavy atom. The molecule has 0 aliphatic heterocycles. The SMILES string of the molecule is CCNC(=O)[C@H](C)NC(=O)Cn1cnc2sc3c(c2c1=O)CCC3. The first-order valence-corrected chi connectivity index (χ1v) is 8.89. The Kier molecular flexibility index (Phi) is 4.66. The Morgan fingerprint density at radius 3 is 2.96 bits per heavy atom. The maximum absolute atomic E-state index is 12.7. The summed E-state index contributed by atoms with van der Waals surface area (Å²) in [6.45, 7) is 3.78. The molecule has 0 spiro atoms. The van der Waals surface area contributed by atoms with Crippen molar-refractivity contribution < 1.29 is 9.59 Å². The van der Waals surface area contributed by atoms with E-state index in [1.807, 2.05) is 6.92 Å². The Balaban J connectivity index is 1.78. The van der Waals surface area contributed by atoms with Crippen LogP contribution in [0.2, 0.25) is 0 Å². The average Bonchev–Trinajstić information content (AvgIpc) is 3.10. The van der Waals surface area contributed by atoms with Gasteiger partial charge in [-0.25, -0.2) is 4.98 Å². The molecule has 24 heavy (non-hydrogen) atoms. The number of carbonyl (C=O) groups excluding carboxylic acids is 2. The lowest BCUT2D eigenvalue weighted by Crippen LogP contribution is -2.46. The maximum Gasteiger partial charge on any atom is 0.262 e. The molecule has 2 amide bonds. The van der Waals surface area contributed by atoms with Crippen LogP contribution < -0.4 is 16.2 Å². The number of aryl methyl sites for hydroxylation is 2. The van der Waals surface area contributed by atoms with E-state index in [0.717, 1.165) is 29.7 Å². The molecule has 2 aromatic rings. The number of aromatic nitrogens is 2. The van der Waals surface area contributed by atoms with Crippen molar-refractivity contribution in [3.63, 3.8) is 0 Å². The number of nitrogens with zero attached hydrogens (tertiary/aromatic N) is 2. The van der Waals surface area contributed by atoms with Gasteiger partial charge in [-0.1, -0.05) is 0 Å². The van der Waals surface area contributed by atoms with Crippen molar-refractivity contribution in [3.05, 3.63) is 27.1 Å². The first-order chi connectivity index (χ1) is 11.5. The normalized spacial score (nSPS) is 14.4. The number of thiophene rings is 1. The van der Waals surface area contributed by atoms with Crippen LogP contribution in [0.25, 0.3) is 10.2 Å². The summed E-state index contributed by atoms with van der Waals surface area (Å²) < 4.78 is 1.31. The predicted octanol–water partition coefficient (Wildman–Crippen LogP) is 0.587. The van der Waals surface area contributed by atoms with Crippen molar-refractivity contribution in [1.82, 2.24) is 20.2 Å². The van der Waals surface area contributed by atoms with Crippen molar-refractivity contribution in [2.75, 3.05) is 6.54 Å². The molecule has 2 heterocycles. The van der Waals surface area contributed by atoms with Crippen LogP contribution in [0.1, 0.15) is 30.7 Å². The Bertz CT molecular complexity index is 855. The molecular weight excluding hydrogens is 328 g/mol. The van der Waals surface area contributed by atoms with Crippen molar-refractivity contribution in [2.45, 2.75) is 45.7 Å². The monoisotopic (exact) mass is 348 g/mol. The van der Waals surface area contributed by atoms with Crippen molar-refractivity contribution in [3.8, 4) is 0 Å². The lowest BCUT2D eigenvalue weighted by atomic mass is 10.2. The van der Waals surface area contributed by atoms with Gasteiger partial charge in [0, 0.05) is 11.4 Å². The van der Waals surface area contributed by atoms with Crippen LogP contribution in [0.4, 0.5) is 0 Å². The van der Waals surface area contributed by atoms with Crippen LogP contribution >= 0.6 is 11.3 Å². The van der Waals surface area contributed by atoms with E-state index in [0.29, 0.717) is 11.9 Å². The molecule has 0 saturated heterocycles. The fourth-order valence-corrected chi connectivity index (χ4v) is 4.19. The molecule has 2 aromatic heterocycles. The summed E-state index contributed by atoms with van der Waals surface area (Å²) in [5.74, 6) is -0.633. The largest absolute Gasteiger partial charge is 0.355 e. The lowest BCUT2D eigenvalue weighted by Gasteiger charge is -2.13. The van der Waals surface area contributed by atoms with Gasteiger partial charge in [0.05, 0.1) is 11.7 Å². The van der Waals surface area contributed by atoms with Gasteiger partial charge in [0.15, 0.2) is 0 Å². The van der Waals surface area contributed by atoms with E-state index in [4.69, 9.17) is 0 Å². The number of carbonyl (C=O) groups is 2. The second-order valence-electron chi connectivity index (χ2n) is 5.90. The van der Waals surface area contributed by atoms with E-state index in [1.165, 1.54) is 15.8 Å². The molecule has 0 saturated carbocycles. The second kappa shape index (κ2) is 6.72. The van der Waals surface area contributed by atoms with Crippen LogP contribution in [-0.2, 0) is 29.0 Å². The molecule has 1 aliphatic rings. The van der Waals surface area contributed by atoms with Crippen LogP contribution in [-0.4, -0.2) is 34.0 Å². The molecule has 3 rings (SSSR count). The molecule has 0 bridgehead atoms. The third-order valence-electron chi connectivity index (χ3n) is 4.13. The molecule has 2 N–H and O–H groups in total. The summed E-state index contributed by atoms with van der Waals surface area (Å²) in [4.78, 5) is 42.8. The highest BCUT2D eigenvalue weighted by Crippen LogP contribution is 2.34. The zero-order valence-electron chi connectivity index (χ0n) is 13.7. The number of hydrogen-bond donors (Lipinski definition) is 2. The van der Waals surface area contributed by atoms with E-state index in [9.17, 15) is 14.4 Å². The van der Waals surface area contributed by atoms with Gasteiger partial charge in [0.25, 0.3) is 5.56 Å². The van der Waals surface area contributed by atoms with Gasteiger partial charge >= 0.3 is 0 Å². The minimum atomic E-state index is -0.643. The minimum absolute atomic E-state index is 0.143. The van der Waals surface area contributed by atoms with Gasteiger partial charge in [-0.15, -0.1) is 11.3 Å². The highest BCUT2D eigenvalue weighted by atomic mass is 32.1. The summed E-state index contributed by atoms with van der Waals surface area (Å²) in [6, 6.07) is -0.643. The van der Waals surface area contributed by atoms with Crippen LogP contribution in [0, 0.1) is 0 Å². The molecule has 7 nitrogen and oxygen atoms in total. The zero-order chi connectivity index (χ0) is 17.3. The summed E-state index contributed by atoms with van der Waals surface area (Å²) in [7, 11) is 0. The zero-order valence-corrected chi connectivity index (χ0v) is 14.5. The first-order valence-electron chi connectivity index (χ1n) is 8.08. The smallest absolute Gasteiger partial charge is 0.262 e. The molecular formula is C16H20N4O3S. The summed E-state index contributed by atoms with van der Waals surface area (Å²) >= 11 is 1.57. The molecule has 128 valence electrons. The summed E-state index contributed by atoms with van der Waals surface area (Å²) in [6.07, 6.45) is 4.37. The molecule has 1 aliphatic carbocycles. The number of amides is 2. The maximum atomic E-state index is 12.7. The molecule has 0 radical (unpaired) electrons. The molecule has 0 fully saturated rings. The van der Waals surface area contributed by atoms with Crippen LogP contribution in [0.5, 0.6) is 0 Å². The highest BCUT2D eigenvalue weighted by molar-refractivity contribution is 7.18. The molecule has 0 aromatic carbocycles. The van der Waals surface area contributed by atoms with E-state index < -0.39 is 6.04 Å². The van der Waals surface area contributed by atoms with Gasteiger partial charge in [0.2, 0.25) is 11.8 Å². The fraction of sp³-hybridized carbons (Fsp3) is 0.500. The van der Waals surface area contributed by atoms with Gasteiger partial charge < -0.3 is 10.6 Å². The van der Waals surface area contributed by atoms with E-state index >= 15 is 0 Å². The van der Waals surface area contributed by atoms with Gasteiger partial charge in [0.1, 0.15) is 17.4 Å². The van der Waals surface area contributed by atoms with E-state index in [-0.39, 0.29) is 23.9 Å². The second-order valence-corrected chi connectivity index (χ2v) is 6.98. The fourth-order valence-electron chi connectivity index (χ4n) is 2.97. The van der Waals surface area contributed by atoms with Crippen molar-refractivity contribution >= 4 is 33.4 Å². The average molecular weight is 348 g/mol. The Morgan fingerprint density at radius 2 is 2.21 bits per heavy atom. The molecule has 8 heteroatoms. The summed E-state index contributed by atoms with van der Waals surface area (Å²) in [5.41, 5.74) is 0.915. The Hall–Kier alpha value is -2.22. The number of nitrogens with one attached hydrogen (secondary N) is 2. The number of rotatable bonds is 5. The van der Waals surface area contributed by atoms with Crippen molar-refractivity contribution in [2.24, 2.45) is 0 Å². The third kappa shape index (κ3) is 3.06. The quantitative estimate of drug-likeness (QED) is 0.827. The number of fused-ring (bicyclic) bond motifs is 3.